The standard InChI is InChI=1S/C15H19NO4/c1-11(17)16-10-13(9-14(16)15(18)19)20-8-7-12-5-3-2-4-6-12/h2-6,13-14H,7-10H2,1H3,(H,18,19)/t13-,14+/m1/s1. The van der Waals surface area contributed by atoms with E-state index < -0.39 is 12.0 Å². The van der Waals surface area contributed by atoms with Crippen LogP contribution in [0, 0.1) is 0 Å². The highest BCUT2D eigenvalue weighted by Crippen LogP contribution is 2.21. The van der Waals surface area contributed by atoms with Gasteiger partial charge in [-0.15, -0.1) is 0 Å². The molecule has 0 aromatic heterocycles. The summed E-state index contributed by atoms with van der Waals surface area (Å²) >= 11 is 0. The molecule has 5 nitrogen and oxygen atoms in total. The van der Waals surface area contributed by atoms with Crippen LogP contribution in [0.1, 0.15) is 18.9 Å². The predicted molar refractivity (Wildman–Crippen MR) is 73.3 cm³/mol. The summed E-state index contributed by atoms with van der Waals surface area (Å²) in [5.41, 5.74) is 1.18. The number of rotatable bonds is 5. The smallest absolute Gasteiger partial charge is 0.326 e. The molecule has 1 aliphatic rings. The Balaban J connectivity index is 1.83. The number of nitrogens with zero attached hydrogens (tertiary/aromatic N) is 1. The molecule has 1 saturated heterocycles. The van der Waals surface area contributed by atoms with Crippen LogP contribution in [0.2, 0.25) is 0 Å². The summed E-state index contributed by atoms with van der Waals surface area (Å²) in [5, 5.41) is 9.10. The fraction of sp³-hybridized carbons (Fsp3) is 0.467. The Hall–Kier alpha value is -1.88. The number of hydrogen-bond donors (Lipinski definition) is 1. The largest absolute Gasteiger partial charge is 0.480 e. The van der Waals surface area contributed by atoms with Gasteiger partial charge in [-0.3, -0.25) is 4.79 Å². The van der Waals surface area contributed by atoms with Crippen molar-refractivity contribution in [2.24, 2.45) is 0 Å². The van der Waals surface area contributed by atoms with Gasteiger partial charge in [-0.05, 0) is 12.0 Å². The van der Waals surface area contributed by atoms with Gasteiger partial charge in [-0.25, -0.2) is 4.79 Å². The van der Waals surface area contributed by atoms with Crippen molar-refractivity contribution in [2.75, 3.05) is 13.2 Å². The van der Waals surface area contributed by atoms with Gasteiger partial charge in [-0.2, -0.15) is 0 Å². The van der Waals surface area contributed by atoms with Crippen molar-refractivity contribution in [3.8, 4) is 0 Å². The van der Waals surface area contributed by atoms with Crippen LogP contribution >= 0.6 is 0 Å². The molecule has 0 bridgehead atoms. The molecule has 0 radical (unpaired) electrons. The molecular formula is C15H19NO4. The SMILES string of the molecule is CC(=O)N1C[C@H](OCCc2ccccc2)C[C@H]1C(=O)O. The molecule has 1 aliphatic heterocycles. The number of ether oxygens (including phenoxy) is 1. The first kappa shape index (κ1) is 14.5. The van der Waals surface area contributed by atoms with E-state index in [1.807, 2.05) is 30.3 Å². The highest BCUT2D eigenvalue weighted by molar-refractivity contribution is 5.83. The molecule has 0 spiro atoms. The number of aliphatic carboxylic acids is 1. The Kier molecular flexibility index (Phi) is 4.74. The minimum absolute atomic E-state index is 0.191. The predicted octanol–water partition coefficient (Wildman–Crippen LogP) is 1.32. The monoisotopic (exact) mass is 277 g/mol. The van der Waals surface area contributed by atoms with E-state index >= 15 is 0 Å². The average molecular weight is 277 g/mol. The van der Waals surface area contributed by atoms with Crippen molar-refractivity contribution in [3.63, 3.8) is 0 Å². The Morgan fingerprint density at radius 2 is 2.05 bits per heavy atom. The molecular weight excluding hydrogens is 258 g/mol. The van der Waals surface area contributed by atoms with Crippen LogP contribution in [0.4, 0.5) is 0 Å². The topological polar surface area (TPSA) is 66.8 Å². The van der Waals surface area contributed by atoms with Gasteiger partial charge in [0.15, 0.2) is 0 Å². The van der Waals surface area contributed by atoms with Crippen LogP contribution in [-0.2, 0) is 20.7 Å². The highest BCUT2D eigenvalue weighted by Gasteiger charge is 2.38. The third-order valence-electron chi connectivity index (χ3n) is 3.54. The number of carbonyl (C=O) groups is 2. The Labute approximate surface area is 118 Å². The van der Waals surface area contributed by atoms with Crippen LogP contribution in [0.3, 0.4) is 0 Å². The molecule has 1 amide bonds. The van der Waals surface area contributed by atoms with E-state index in [9.17, 15) is 9.59 Å². The number of carbonyl (C=O) groups excluding carboxylic acids is 1. The molecule has 1 aromatic rings. The van der Waals surface area contributed by atoms with Crippen LogP contribution in [0.15, 0.2) is 30.3 Å². The second-order valence-electron chi connectivity index (χ2n) is 4.99. The summed E-state index contributed by atoms with van der Waals surface area (Å²) in [5.74, 6) is -1.18. The average Bonchev–Trinajstić information content (AvgIpc) is 2.85. The van der Waals surface area contributed by atoms with Crippen molar-refractivity contribution in [1.29, 1.82) is 0 Å². The maximum atomic E-state index is 11.4. The number of benzene rings is 1. The lowest BCUT2D eigenvalue weighted by molar-refractivity contribution is -0.147. The van der Waals surface area contributed by atoms with Crippen LogP contribution < -0.4 is 0 Å². The summed E-state index contributed by atoms with van der Waals surface area (Å²) in [7, 11) is 0. The molecule has 0 saturated carbocycles. The van der Waals surface area contributed by atoms with Crippen LogP contribution in [-0.4, -0.2) is 47.2 Å². The lowest BCUT2D eigenvalue weighted by Crippen LogP contribution is -2.39. The van der Waals surface area contributed by atoms with E-state index in [0.29, 0.717) is 19.6 Å². The van der Waals surface area contributed by atoms with Crippen molar-refractivity contribution >= 4 is 11.9 Å². The number of likely N-dealkylation sites (tertiary alicyclic amines) is 1. The fourth-order valence-electron chi connectivity index (χ4n) is 2.49. The first-order valence-electron chi connectivity index (χ1n) is 6.73. The molecule has 1 heterocycles. The zero-order chi connectivity index (χ0) is 14.5. The van der Waals surface area contributed by atoms with Gasteiger partial charge in [0.2, 0.25) is 5.91 Å². The van der Waals surface area contributed by atoms with E-state index in [4.69, 9.17) is 9.84 Å². The zero-order valence-electron chi connectivity index (χ0n) is 11.5. The first-order valence-corrected chi connectivity index (χ1v) is 6.73. The Bertz CT molecular complexity index is 452. The second kappa shape index (κ2) is 6.52. The van der Waals surface area contributed by atoms with Gasteiger partial charge in [0, 0.05) is 19.9 Å². The Morgan fingerprint density at radius 1 is 1.35 bits per heavy atom. The third-order valence-corrected chi connectivity index (χ3v) is 3.54. The van der Waals surface area contributed by atoms with Gasteiger partial charge in [0.25, 0.3) is 0 Å². The molecule has 1 fully saturated rings. The normalized spacial score (nSPS) is 21.9. The molecule has 0 unspecified atom stereocenters. The molecule has 108 valence electrons. The number of carboxylic acids is 1. The second-order valence-corrected chi connectivity index (χ2v) is 4.99. The minimum Gasteiger partial charge on any atom is -0.480 e. The van der Waals surface area contributed by atoms with Gasteiger partial charge in [0.1, 0.15) is 6.04 Å². The lowest BCUT2D eigenvalue weighted by Gasteiger charge is -2.18. The highest BCUT2D eigenvalue weighted by atomic mass is 16.5. The van der Waals surface area contributed by atoms with E-state index in [1.54, 1.807) is 0 Å². The molecule has 2 atom stereocenters. The van der Waals surface area contributed by atoms with Gasteiger partial charge in [-0.1, -0.05) is 30.3 Å². The van der Waals surface area contributed by atoms with Crippen LogP contribution in [0.5, 0.6) is 0 Å². The maximum Gasteiger partial charge on any atom is 0.326 e. The summed E-state index contributed by atoms with van der Waals surface area (Å²) in [6, 6.07) is 9.21. The molecule has 2 rings (SSSR count). The third kappa shape index (κ3) is 3.57. The molecule has 1 aromatic carbocycles. The summed E-state index contributed by atoms with van der Waals surface area (Å²) in [6.45, 7) is 2.29. The first-order chi connectivity index (χ1) is 9.58. The van der Waals surface area contributed by atoms with Crippen molar-refractivity contribution < 1.29 is 19.4 Å². The van der Waals surface area contributed by atoms with E-state index in [1.165, 1.54) is 17.4 Å². The van der Waals surface area contributed by atoms with Crippen molar-refractivity contribution in [1.82, 2.24) is 4.90 Å². The fourth-order valence-corrected chi connectivity index (χ4v) is 2.49. The van der Waals surface area contributed by atoms with E-state index in [2.05, 4.69) is 0 Å². The van der Waals surface area contributed by atoms with Gasteiger partial charge >= 0.3 is 5.97 Å². The molecule has 5 heteroatoms. The van der Waals surface area contributed by atoms with Crippen molar-refractivity contribution in [2.45, 2.75) is 31.9 Å². The summed E-state index contributed by atoms with van der Waals surface area (Å²) < 4.78 is 5.71. The molecule has 20 heavy (non-hydrogen) atoms. The maximum absolute atomic E-state index is 11.4. The zero-order valence-corrected chi connectivity index (χ0v) is 11.5. The summed E-state index contributed by atoms with van der Waals surface area (Å²) in [4.78, 5) is 23.9. The quantitative estimate of drug-likeness (QED) is 0.881. The number of hydrogen-bond acceptors (Lipinski definition) is 3. The summed E-state index contributed by atoms with van der Waals surface area (Å²) in [6.07, 6.45) is 0.961. The number of carboxylic acid groups (broad SMARTS) is 1. The van der Waals surface area contributed by atoms with Crippen LogP contribution in [0.25, 0.3) is 0 Å². The molecule has 0 aliphatic carbocycles. The van der Waals surface area contributed by atoms with Gasteiger partial charge in [0.05, 0.1) is 12.7 Å². The van der Waals surface area contributed by atoms with Gasteiger partial charge < -0.3 is 14.7 Å². The van der Waals surface area contributed by atoms with E-state index in [0.717, 1.165) is 6.42 Å². The number of amides is 1. The lowest BCUT2D eigenvalue weighted by atomic mass is 10.1. The van der Waals surface area contributed by atoms with Crippen molar-refractivity contribution in [3.05, 3.63) is 35.9 Å². The van der Waals surface area contributed by atoms with E-state index in [-0.39, 0.29) is 12.0 Å². The minimum atomic E-state index is -0.964. The Morgan fingerprint density at radius 3 is 2.60 bits per heavy atom. The molecule has 1 N–H and O–H groups in total.